The van der Waals surface area contributed by atoms with Crippen molar-refractivity contribution in [2.45, 2.75) is 0 Å². The summed E-state index contributed by atoms with van der Waals surface area (Å²) in [6, 6.07) is 21.4. The molecule has 0 aliphatic heterocycles. The van der Waals surface area contributed by atoms with Crippen LogP contribution in [-0.2, 0) is 0 Å². The fourth-order valence-corrected chi connectivity index (χ4v) is 4.10. The third-order valence-electron chi connectivity index (χ3n) is 5.86. The number of ether oxygens (including phenoxy) is 2. The molecule has 0 N–H and O–H groups in total. The zero-order chi connectivity index (χ0) is 23.9. The summed E-state index contributed by atoms with van der Waals surface area (Å²) in [6.07, 6.45) is 1.57. The van der Waals surface area contributed by atoms with E-state index in [0.29, 0.717) is 28.5 Å². The van der Waals surface area contributed by atoms with E-state index < -0.39 is 0 Å². The molecule has 0 bridgehead atoms. The van der Waals surface area contributed by atoms with Crippen molar-refractivity contribution in [2.75, 3.05) is 14.2 Å². The highest BCUT2D eigenvalue weighted by atomic mass is 19.1. The molecule has 6 aromatic rings. The second-order valence-corrected chi connectivity index (χ2v) is 7.90. The van der Waals surface area contributed by atoms with Gasteiger partial charge in [0.05, 0.1) is 19.6 Å². The Kier molecular flexibility index (Phi) is 4.92. The van der Waals surface area contributed by atoms with Gasteiger partial charge in [-0.25, -0.2) is 18.9 Å². The maximum Gasteiger partial charge on any atom is 0.232 e. The van der Waals surface area contributed by atoms with E-state index in [2.05, 4.69) is 10.1 Å². The van der Waals surface area contributed by atoms with Gasteiger partial charge in [0, 0.05) is 16.7 Å². The van der Waals surface area contributed by atoms with Gasteiger partial charge < -0.3 is 13.9 Å². The molecule has 0 atom stereocenters. The second-order valence-electron chi connectivity index (χ2n) is 7.90. The van der Waals surface area contributed by atoms with Crippen molar-refractivity contribution in [2.24, 2.45) is 0 Å². The van der Waals surface area contributed by atoms with E-state index in [1.807, 2.05) is 48.5 Å². The Morgan fingerprint density at radius 1 is 0.771 bits per heavy atom. The Hall–Kier alpha value is -4.72. The third kappa shape index (κ3) is 3.56. The minimum absolute atomic E-state index is 0.317. The molecule has 0 fully saturated rings. The molecule has 0 aliphatic rings. The minimum atomic E-state index is -0.317. The molecule has 3 heterocycles. The molecule has 0 unspecified atom stereocenters. The fourth-order valence-electron chi connectivity index (χ4n) is 4.10. The van der Waals surface area contributed by atoms with E-state index in [0.717, 1.165) is 33.6 Å². The molecule has 0 radical (unpaired) electrons. The van der Waals surface area contributed by atoms with Crippen LogP contribution in [0, 0.1) is 5.82 Å². The SMILES string of the molecule is COc1ccc(-c2oc3ncn4nc(-c5ccc(F)cc5)nc4c3c2-c2ccc(OC)cc2)cc1. The Morgan fingerprint density at radius 2 is 1.37 bits per heavy atom. The Morgan fingerprint density at radius 3 is 2.00 bits per heavy atom. The molecule has 172 valence electrons. The lowest BCUT2D eigenvalue weighted by molar-refractivity contribution is 0.414. The van der Waals surface area contributed by atoms with Crippen LogP contribution < -0.4 is 9.47 Å². The fraction of sp³-hybridized carbons (Fsp3) is 0.0741. The number of benzene rings is 3. The second kappa shape index (κ2) is 8.25. The van der Waals surface area contributed by atoms with Crippen molar-refractivity contribution in [1.82, 2.24) is 19.6 Å². The number of furan rings is 1. The van der Waals surface area contributed by atoms with Crippen LogP contribution in [-0.4, -0.2) is 33.8 Å². The molecule has 35 heavy (non-hydrogen) atoms. The summed E-state index contributed by atoms with van der Waals surface area (Å²) in [4.78, 5) is 9.29. The molecule has 7 nitrogen and oxygen atoms in total. The van der Waals surface area contributed by atoms with Crippen molar-refractivity contribution in [1.29, 1.82) is 0 Å². The molecule has 8 heteroatoms. The highest BCUT2D eigenvalue weighted by Crippen LogP contribution is 2.42. The Bertz CT molecular complexity index is 1650. The quantitative estimate of drug-likeness (QED) is 0.309. The van der Waals surface area contributed by atoms with Crippen molar-refractivity contribution in [3.8, 4) is 45.3 Å². The van der Waals surface area contributed by atoms with E-state index in [1.165, 1.54) is 12.1 Å². The number of rotatable bonds is 5. The smallest absolute Gasteiger partial charge is 0.232 e. The van der Waals surface area contributed by atoms with Gasteiger partial charge in [0.1, 0.15) is 29.4 Å². The first-order valence-corrected chi connectivity index (χ1v) is 10.9. The molecule has 3 aromatic carbocycles. The zero-order valence-corrected chi connectivity index (χ0v) is 18.9. The number of hydrogen-bond donors (Lipinski definition) is 0. The Balaban J connectivity index is 1.63. The summed E-state index contributed by atoms with van der Waals surface area (Å²) < 4.78 is 32.0. The van der Waals surface area contributed by atoms with Crippen LogP contribution in [0.5, 0.6) is 11.5 Å². The molecule has 0 saturated heterocycles. The molecule has 0 amide bonds. The van der Waals surface area contributed by atoms with Crippen LogP contribution in [0.3, 0.4) is 0 Å². The van der Waals surface area contributed by atoms with Crippen LogP contribution in [0.15, 0.2) is 83.5 Å². The average molecular weight is 466 g/mol. The zero-order valence-electron chi connectivity index (χ0n) is 18.9. The maximum absolute atomic E-state index is 13.4. The van der Waals surface area contributed by atoms with Gasteiger partial charge in [0.15, 0.2) is 11.5 Å². The van der Waals surface area contributed by atoms with Gasteiger partial charge in [-0.15, -0.1) is 5.10 Å². The van der Waals surface area contributed by atoms with Crippen LogP contribution in [0.25, 0.3) is 50.6 Å². The van der Waals surface area contributed by atoms with Crippen molar-refractivity contribution < 1.29 is 18.3 Å². The number of nitrogens with zero attached hydrogens (tertiary/aromatic N) is 4. The molecule has 0 aliphatic carbocycles. The minimum Gasteiger partial charge on any atom is -0.497 e. The summed E-state index contributed by atoms with van der Waals surface area (Å²) in [5.41, 5.74) is 4.34. The van der Waals surface area contributed by atoms with Crippen LogP contribution in [0.4, 0.5) is 4.39 Å². The molecular weight excluding hydrogens is 447 g/mol. The van der Waals surface area contributed by atoms with Gasteiger partial charge in [0.25, 0.3) is 0 Å². The highest BCUT2D eigenvalue weighted by Gasteiger charge is 2.23. The predicted molar refractivity (Wildman–Crippen MR) is 130 cm³/mol. The standard InChI is InChI=1S/C27H19FN4O3/c1-33-20-11-5-16(6-12-20)22-23-26-30-25(18-3-9-19(28)10-4-18)31-32(26)15-29-27(23)35-24(22)17-7-13-21(34-2)14-8-17/h3-15H,1-2H3. The van der Waals surface area contributed by atoms with Crippen molar-refractivity contribution in [3.63, 3.8) is 0 Å². The van der Waals surface area contributed by atoms with Gasteiger partial charge in [-0.3, -0.25) is 0 Å². The lowest BCUT2D eigenvalue weighted by atomic mass is 9.99. The summed E-state index contributed by atoms with van der Waals surface area (Å²) in [7, 11) is 3.26. The number of hydrogen-bond acceptors (Lipinski definition) is 6. The molecule has 3 aromatic heterocycles. The van der Waals surface area contributed by atoms with E-state index in [9.17, 15) is 4.39 Å². The van der Waals surface area contributed by atoms with Gasteiger partial charge in [-0.05, 0) is 66.2 Å². The van der Waals surface area contributed by atoms with Gasteiger partial charge in [0.2, 0.25) is 5.71 Å². The lowest BCUT2D eigenvalue weighted by Gasteiger charge is -2.06. The summed E-state index contributed by atoms with van der Waals surface area (Å²) >= 11 is 0. The van der Waals surface area contributed by atoms with Gasteiger partial charge in [-0.2, -0.15) is 0 Å². The van der Waals surface area contributed by atoms with E-state index >= 15 is 0 Å². The van der Waals surface area contributed by atoms with Crippen LogP contribution in [0.2, 0.25) is 0 Å². The molecule has 0 saturated carbocycles. The van der Waals surface area contributed by atoms with E-state index in [4.69, 9.17) is 18.9 Å². The number of aromatic nitrogens is 4. The number of halogens is 1. The first-order valence-electron chi connectivity index (χ1n) is 10.9. The summed E-state index contributed by atoms with van der Waals surface area (Å²) in [5, 5.41) is 5.30. The third-order valence-corrected chi connectivity index (χ3v) is 5.86. The largest absolute Gasteiger partial charge is 0.497 e. The van der Waals surface area contributed by atoms with E-state index in [-0.39, 0.29) is 5.82 Å². The van der Waals surface area contributed by atoms with Crippen LogP contribution in [0.1, 0.15) is 0 Å². The van der Waals surface area contributed by atoms with Crippen molar-refractivity contribution in [3.05, 3.63) is 84.9 Å². The first kappa shape index (κ1) is 20.9. The topological polar surface area (TPSA) is 74.7 Å². The van der Waals surface area contributed by atoms with E-state index in [1.54, 1.807) is 37.2 Å². The summed E-state index contributed by atoms with van der Waals surface area (Å²) in [6.45, 7) is 0. The summed E-state index contributed by atoms with van der Waals surface area (Å²) in [5.74, 6) is 2.30. The highest BCUT2D eigenvalue weighted by molar-refractivity contribution is 6.07. The average Bonchev–Trinajstić information content (AvgIpc) is 3.51. The Labute approximate surface area is 199 Å². The molecular formula is C27H19FN4O3. The first-order chi connectivity index (χ1) is 17.1. The maximum atomic E-state index is 13.4. The predicted octanol–water partition coefficient (Wildman–Crippen LogP) is 6.03. The van der Waals surface area contributed by atoms with Crippen LogP contribution >= 0.6 is 0 Å². The van der Waals surface area contributed by atoms with Gasteiger partial charge >= 0.3 is 0 Å². The number of methoxy groups -OCH3 is 2. The molecule has 6 rings (SSSR count). The number of fused-ring (bicyclic) bond motifs is 3. The normalized spacial score (nSPS) is 11.3. The lowest BCUT2D eigenvalue weighted by Crippen LogP contribution is -1.91. The molecule has 0 spiro atoms. The monoisotopic (exact) mass is 466 g/mol. The van der Waals surface area contributed by atoms with Gasteiger partial charge in [-0.1, -0.05) is 12.1 Å². The van der Waals surface area contributed by atoms with Crippen molar-refractivity contribution >= 4 is 16.7 Å².